The van der Waals surface area contributed by atoms with Crippen molar-refractivity contribution in [2.24, 2.45) is 0 Å². The van der Waals surface area contributed by atoms with Crippen molar-refractivity contribution < 1.29 is 13.2 Å². The molecule has 7 nitrogen and oxygen atoms in total. The Kier molecular flexibility index (Phi) is 4.98. The van der Waals surface area contributed by atoms with Gasteiger partial charge in [-0.25, -0.2) is 13.1 Å². The van der Waals surface area contributed by atoms with Crippen LogP contribution in [-0.4, -0.2) is 53.2 Å². The van der Waals surface area contributed by atoms with Crippen LogP contribution in [0, 0.1) is 0 Å². The second-order valence-electron chi connectivity index (χ2n) is 5.95. The van der Waals surface area contributed by atoms with Gasteiger partial charge >= 0.3 is 0 Å². The molecule has 1 aliphatic heterocycles. The first kappa shape index (κ1) is 17.1. The Bertz CT molecular complexity index is 789. The molecule has 0 amide bonds. The molecule has 0 bridgehead atoms. The summed E-state index contributed by atoms with van der Waals surface area (Å²) in [5.74, 6) is 0. The summed E-state index contributed by atoms with van der Waals surface area (Å²) < 4.78 is 33.7. The van der Waals surface area contributed by atoms with Crippen LogP contribution in [0.25, 0.3) is 5.69 Å². The minimum atomic E-state index is -3.36. The maximum atomic E-state index is 12.7. The van der Waals surface area contributed by atoms with E-state index in [1.807, 2.05) is 30.3 Å². The predicted octanol–water partition coefficient (Wildman–Crippen LogP) is 1.38. The van der Waals surface area contributed by atoms with Crippen LogP contribution >= 0.6 is 0 Å². The first-order valence-corrected chi connectivity index (χ1v) is 9.51. The Balaban J connectivity index is 1.80. The quantitative estimate of drug-likeness (QED) is 0.787. The number of sulfonamides is 1. The minimum absolute atomic E-state index is 0.280. The van der Waals surface area contributed by atoms with Crippen molar-refractivity contribution in [2.45, 2.75) is 31.6 Å². The zero-order chi connectivity index (χ0) is 17.2. The summed E-state index contributed by atoms with van der Waals surface area (Å²) in [6.07, 6.45) is 1.09. The first-order valence-electron chi connectivity index (χ1n) is 8.01. The number of methoxy groups -OCH3 is 1. The Labute approximate surface area is 142 Å². The molecule has 1 aromatic carbocycles. The summed E-state index contributed by atoms with van der Waals surface area (Å²) in [7, 11) is -1.78. The lowest BCUT2D eigenvalue weighted by molar-refractivity contribution is 0.193. The van der Waals surface area contributed by atoms with Gasteiger partial charge in [-0.2, -0.15) is 4.31 Å². The van der Waals surface area contributed by atoms with Crippen LogP contribution < -0.4 is 0 Å². The van der Waals surface area contributed by atoms with Crippen LogP contribution in [0.3, 0.4) is 0 Å². The molecule has 0 saturated heterocycles. The summed E-state index contributed by atoms with van der Waals surface area (Å²) in [6, 6.07) is 9.76. The highest BCUT2D eigenvalue weighted by molar-refractivity contribution is 7.89. The number of para-hydroxylation sites is 1. The number of hydrogen-bond donors (Lipinski definition) is 0. The van der Waals surface area contributed by atoms with E-state index >= 15 is 0 Å². The second-order valence-corrected chi connectivity index (χ2v) is 8.30. The SMILES string of the molecule is COCCC(C)S(=O)(=O)N1CCc2c(nnn2-c2ccccc2)C1. The molecule has 2 aromatic rings. The van der Waals surface area contributed by atoms with Gasteiger partial charge < -0.3 is 4.74 Å². The summed E-state index contributed by atoms with van der Waals surface area (Å²) in [4.78, 5) is 0. The largest absolute Gasteiger partial charge is 0.385 e. The Hall–Kier alpha value is -1.77. The third kappa shape index (κ3) is 3.22. The highest BCUT2D eigenvalue weighted by Crippen LogP contribution is 2.24. The summed E-state index contributed by atoms with van der Waals surface area (Å²) in [6.45, 7) is 2.89. The Morgan fingerprint density at radius 2 is 2.04 bits per heavy atom. The van der Waals surface area contributed by atoms with Gasteiger partial charge in [-0.15, -0.1) is 5.10 Å². The van der Waals surface area contributed by atoms with Crippen molar-refractivity contribution >= 4 is 10.0 Å². The van der Waals surface area contributed by atoms with E-state index in [0.29, 0.717) is 26.0 Å². The number of fused-ring (bicyclic) bond motifs is 1. The normalized spacial score (nSPS) is 16.8. The van der Waals surface area contributed by atoms with E-state index in [2.05, 4.69) is 10.3 Å². The molecule has 0 aliphatic carbocycles. The summed E-state index contributed by atoms with van der Waals surface area (Å²) >= 11 is 0. The minimum Gasteiger partial charge on any atom is -0.385 e. The van der Waals surface area contributed by atoms with Crippen LogP contribution in [0.1, 0.15) is 24.7 Å². The fourth-order valence-electron chi connectivity index (χ4n) is 2.86. The fourth-order valence-corrected chi connectivity index (χ4v) is 4.41. The summed E-state index contributed by atoms with van der Waals surface area (Å²) in [5, 5.41) is 7.94. The molecule has 1 aliphatic rings. The molecule has 0 N–H and O–H groups in total. The van der Waals surface area contributed by atoms with Gasteiger partial charge in [-0.05, 0) is 25.5 Å². The predicted molar refractivity (Wildman–Crippen MR) is 90.3 cm³/mol. The van der Waals surface area contributed by atoms with E-state index < -0.39 is 15.3 Å². The third-order valence-electron chi connectivity index (χ3n) is 4.37. The molecule has 1 aromatic heterocycles. The molecule has 1 unspecified atom stereocenters. The van der Waals surface area contributed by atoms with Gasteiger partial charge in [-0.1, -0.05) is 23.4 Å². The van der Waals surface area contributed by atoms with Crippen LogP contribution in [-0.2, 0) is 27.7 Å². The molecule has 0 spiro atoms. The maximum absolute atomic E-state index is 12.7. The molecule has 24 heavy (non-hydrogen) atoms. The number of nitrogens with zero attached hydrogens (tertiary/aromatic N) is 4. The van der Waals surface area contributed by atoms with Crippen molar-refractivity contribution in [2.75, 3.05) is 20.3 Å². The molecule has 8 heteroatoms. The van der Waals surface area contributed by atoms with E-state index in [1.165, 1.54) is 4.31 Å². The van der Waals surface area contributed by atoms with Gasteiger partial charge in [0.25, 0.3) is 0 Å². The lowest BCUT2D eigenvalue weighted by Crippen LogP contribution is -2.41. The molecule has 130 valence electrons. The van der Waals surface area contributed by atoms with Gasteiger partial charge in [0.15, 0.2) is 0 Å². The number of rotatable bonds is 6. The zero-order valence-electron chi connectivity index (χ0n) is 13.9. The maximum Gasteiger partial charge on any atom is 0.217 e. The van der Waals surface area contributed by atoms with E-state index in [-0.39, 0.29) is 6.54 Å². The standard InChI is InChI=1S/C16H22N4O3S/c1-13(9-11-23-2)24(21,22)19-10-8-16-15(12-19)17-18-20(16)14-6-4-3-5-7-14/h3-7,13H,8-12H2,1-2H3. The molecule has 0 saturated carbocycles. The third-order valence-corrected chi connectivity index (χ3v) is 6.65. The van der Waals surface area contributed by atoms with Crippen LogP contribution in [0.5, 0.6) is 0 Å². The van der Waals surface area contributed by atoms with Gasteiger partial charge in [0.1, 0.15) is 5.69 Å². The van der Waals surface area contributed by atoms with E-state index in [1.54, 1.807) is 18.7 Å². The van der Waals surface area contributed by atoms with Gasteiger partial charge in [0, 0.05) is 26.7 Å². The van der Waals surface area contributed by atoms with Crippen LogP contribution in [0.2, 0.25) is 0 Å². The van der Waals surface area contributed by atoms with Crippen molar-refractivity contribution in [3.05, 3.63) is 41.7 Å². The number of aromatic nitrogens is 3. The van der Waals surface area contributed by atoms with Gasteiger partial charge in [0.05, 0.1) is 23.2 Å². The molecule has 2 heterocycles. The van der Waals surface area contributed by atoms with Crippen molar-refractivity contribution in [1.29, 1.82) is 0 Å². The second kappa shape index (κ2) is 7.00. The lowest BCUT2D eigenvalue weighted by atomic mass is 10.2. The molecular formula is C16H22N4O3S. The highest BCUT2D eigenvalue weighted by atomic mass is 32.2. The van der Waals surface area contributed by atoms with Crippen molar-refractivity contribution in [3.63, 3.8) is 0 Å². The highest BCUT2D eigenvalue weighted by Gasteiger charge is 2.33. The molecule has 1 atom stereocenters. The molecule has 0 radical (unpaired) electrons. The Morgan fingerprint density at radius 3 is 2.75 bits per heavy atom. The fraction of sp³-hybridized carbons (Fsp3) is 0.500. The van der Waals surface area contributed by atoms with E-state index in [0.717, 1.165) is 17.1 Å². The molecule has 0 fully saturated rings. The average molecular weight is 350 g/mol. The molecule has 3 rings (SSSR count). The van der Waals surface area contributed by atoms with Crippen molar-refractivity contribution in [1.82, 2.24) is 19.3 Å². The summed E-state index contributed by atoms with van der Waals surface area (Å²) in [5.41, 5.74) is 2.65. The van der Waals surface area contributed by atoms with E-state index in [9.17, 15) is 8.42 Å². The topological polar surface area (TPSA) is 77.3 Å². The first-order chi connectivity index (χ1) is 11.5. The van der Waals surface area contributed by atoms with Gasteiger partial charge in [-0.3, -0.25) is 0 Å². The Morgan fingerprint density at radius 1 is 1.29 bits per heavy atom. The lowest BCUT2D eigenvalue weighted by Gasteiger charge is -2.28. The number of ether oxygens (including phenoxy) is 1. The van der Waals surface area contributed by atoms with Gasteiger partial charge in [0.2, 0.25) is 10.0 Å². The van der Waals surface area contributed by atoms with E-state index in [4.69, 9.17) is 4.74 Å². The monoisotopic (exact) mass is 350 g/mol. The van der Waals surface area contributed by atoms with Crippen LogP contribution in [0.15, 0.2) is 30.3 Å². The molecular weight excluding hydrogens is 328 g/mol. The van der Waals surface area contributed by atoms with Crippen molar-refractivity contribution in [3.8, 4) is 5.69 Å². The average Bonchev–Trinajstić information content (AvgIpc) is 3.03. The smallest absolute Gasteiger partial charge is 0.217 e. The van der Waals surface area contributed by atoms with Crippen LogP contribution in [0.4, 0.5) is 0 Å². The number of hydrogen-bond acceptors (Lipinski definition) is 5. The number of benzene rings is 1. The zero-order valence-corrected chi connectivity index (χ0v) is 14.7.